The van der Waals surface area contributed by atoms with Crippen molar-refractivity contribution < 1.29 is 4.79 Å². The third-order valence-electron chi connectivity index (χ3n) is 6.81. The number of benzene rings is 2. The van der Waals surface area contributed by atoms with Crippen LogP contribution in [0.25, 0.3) is 16.9 Å². The number of carbonyl (C=O) groups excluding carboxylic acids is 1. The molecule has 2 aliphatic carbocycles. The van der Waals surface area contributed by atoms with E-state index in [1.54, 1.807) is 4.68 Å². The number of nitrogens with zero attached hydrogens (tertiary/aromatic N) is 2. The molecule has 148 valence electrons. The van der Waals surface area contributed by atoms with Crippen LogP contribution in [0.3, 0.4) is 0 Å². The highest BCUT2D eigenvalue weighted by Gasteiger charge is 2.42. The highest BCUT2D eigenvalue weighted by atomic mass is 16.2. The summed E-state index contributed by atoms with van der Waals surface area (Å²) in [7, 11) is 0. The number of nitrogens with one attached hydrogen (secondary N) is 1. The first kappa shape index (κ1) is 18.2. The zero-order valence-corrected chi connectivity index (χ0v) is 16.8. The average Bonchev–Trinajstić information content (AvgIpc) is 3.50. The molecular formula is C25H27N3O. The molecule has 0 radical (unpaired) electrons. The lowest BCUT2D eigenvalue weighted by molar-refractivity contribution is 0.0907. The van der Waals surface area contributed by atoms with Crippen molar-refractivity contribution in [1.82, 2.24) is 15.1 Å². The molecule has 2 saturated carbocycles. The van der Waals surface area contributed by atoms with Gasteiger partial charge in [-0.05, 0) is 62.1 Å². The minimum Gasteiger partial charge on any atom is -0.348 e. The number of carbonyl (C=O) groups is 1. The maximum Gasteiger partial charge on any atom is 0.270 e. The highest BCUT2D eigenvalue weighted by molar-refractivity contribution is 5.94. The van der Waals surface area contributed by atoms with E-state index in [1.165, 1.54) is 25.7 Å². The molecular weight excluding hydrogens is 358 g/mol. The van der Waals surface area contributed by atoms with Gasteiger partial charge in [0.2, 0.25) is 0 Å². The molecule has 4 atom stereocenters. The number of hydrogen-bond acceptors (Lipinski definition) is 2. The standard InChI is InChI=1S/C25H27N3O/c1-17(22-15-18-12-13-20(22)14-18)26-25(29)24-16-23(19-8-4-2-5-9-19)27-28(24)21-10-6-3-7-11-21/h2-11,16-18,20,22H,12-15H2,1H3,(H,26,29)/t17-,18-,20-,22-/m0/s1. The van der Waals surface area contributed by atoms with Gasteiger partial charge in [-0.15, -0.1) is 0 Å². The van der Waals surface area contributed by atoms with Gasteiger partial charge in [0, 0.05) is 11.6 Å². The second-order valence-electron chi connectivity index (χ2n) is 8.63. The molecule has 1 N–H and O–H groups in total. The molecule has 0 aliphatic heterocycles. The van der Waals surface area contributed by atoms with Gasteiger partial charge >= 0.3 is 0 Å². The largest absolute Gasteiger partial charge is 0.348 e. The monoisotopic (exact) mass is 385 g/mol. The fourth-order valence-corrected chi connectivity index (χ4v) is 5.35. The Balaban J connectivity index is 1.44. The van der Waals surface area contributed by atoms with Crippen LogP contribution in [-0.4, -0.2) is 21.7 Å². The zero-order valence-electron chi connectivity index (χ0n) is 16.8. The Morgan fingerprint density at radius 2 is 1.76 bits per heavy atom. The Hall–Kier alpha value is -2.88. The van der Waals surface area contributed by atoms with Crippen LogP contribution < -0.4 is 5.32 Å². The summed E-state index contributed by atoms with van der Waals surface area (Å²) in [5.74, 6) is 2.23. The molecule has 3 aromatic rings. The van der Waals surface area contributed by atoms with Gasteiger partial charge in [0.1, 0.15) is 5.69 Å². The van der Waals surface area contributed by atoms with Crippen molar-refractivity contribution in [3.8, 4) is 16.9 Å². The Labute approximate surface area is 172 Å². The lowest BCUT2D eigenvalue weighted by Crippen LogP contribution is -2.40. The summed E-state index contributed by atoms with van der Waals surface area (Å²) in [4.78, 5) is 13.3. The second-order valence-corrected chi connectivity index (χ2v) is 8.63. The Bertz CT molecular complexity index is 995. The first-order chi connectivity index (χ1) is 14.2. The number of amides is 1. The molecule has 4 nitrogen and oxygen atoms in total. The fraction of sp³-hybridized carbons (Fsp3) is 0.360. The Morgan fingerprint density at radius 1 is 1.03 bits per heavy atom. The number of hydrogen-bond donors (Lipinski definition) is 1. The topological polar surface area (TPSA) is 46.9 Å². The van der Waals surface area contributed by atoms with Crippen LogP contribution in [0.5, 0.6) is 0 Å². The quantitative estimate of drug-likeness (QED) is 0.665. The molecule has 0 unspecified atom stereocenters. The zero-order chi connectivity index (χ0) is 19.8. The van der Waals surface area contributed by atoms with E-state index < -0.39 is 0 Å². The molecule has 5 rings (SSSR count). The van der Waals surface area contributed by atoms with Gasteiger partial charge < -0.3 is 5.32 Å². The van der Waals surface area contributed by atoms with E-state index in [0.717, 1.165) is 28.8 Å². The maximum atomic E-state index is 13.3. The van der Waals surface area contributed by atoms with Crippen molar-refractivity contribution >= 4 is 5.91 Å². The molecule has 1 heterocycles. The van der Waals surface area contributed by atoms with Gasteiger partial charge in [0.15, 0.2) is 0 Å². The van der Waals surface area contributed by atoms with Crippen molar-refractivity contribution in [1.29, 1.82) is 0 Å². The minimum atomic E-state index is -0.0428. The average molecular weight is 386 g/mol. The number of aromatic nitrogens is 2. The summed E-state index contributed by atoms with van der Waals surface area (Å²) in [5.41, 5.74) is 3.31. The van der Waals surface area contributed by atoms with E-state index in [-0.39, 0.29) is 11.9 Å². The van der Waals surface area contributed by atoms with Gasteiger partial charge in [0.25, 0.3) is 5.91 Å². The molecule has 2 fully saturated rings. The summed E-state index contributed by atoms with van der Waals surface area (Å²) in [6, 6.07) is 22.0. The van der Waals surface area contributed by atoms with Crippen molar-refractivity contribution in [2.24, 2.45) is 17.8 Å². The van der Waals surface area contributed by atoms with Crippen LogP contribution in [0.2, 0.25) is 0 Å². The fourth-order valence-electron chi connectivity index (χ4n) is 5.35. The third-order valence-corrected chi connectivity index (χ3v) is 6.81. The van der Waals surface area contributed by atoms with Crippen LogP contribution in [-0.2, 0) is 0 Å². The van der Waals surface area contributed by atoms with Gasteiger partial charge in [-0.3, -0.25) is 4.79 Å². The summed E-state index contributed by atoms with van der Waals surface area (Å²) in [6.07, 6.45) is 5.32. The molecule has 1 aromatic heterocycles. The lowest BCUT2D eigenvalue weighted by atomic mass is 9.84. The Kier molecular flexibility index (Phi) is 4.70. The summed E-state index contributed by atoms with van der Waals surface area (Å²) in [6.45, 7) is 2.17. The van der Waals surface area contributed by atoms with Gasteiger partial charge in [-0.1, -0.05) is 55.0 Å². The summed E-state index contributed by atoms with van der Waals surface area (Å²) in [5, 5.41) is 8.07. The van der Waals surface area contributed by atoms with E-state index in [1.807, 2.05) is 66.7 Å². The van der Waals surface area contributed by atoms with Gasteiger partial charge in [-0.25, -0.2) is 4.68 Å². The van der Waals surface area contributed by atoms with Gasteiger partial charge in [0.05, 0.1) is 11.4 Å². The normalized spacial score (nSPS) is 23.8. The molecule has 2 aliphatic rings. The van der Waals surface area contributed by atoms with Crippen LogP contribution >= 0.6 is 0 Å². The van der Waals surface area contributed by atoms with Crippen LogP contribution in [0, 0.1) is 17.8 Å². The summed E-state index contributed by atoms with van der Waals surface area (Å²) < 4.78 is 1.77. The van der Waals surface area contributed by atoms with E-state index in [0.29, 0.717) is 11.6 Å². The lowest BCUT2D eigenvalue weighted by Gasteiger charge is -2.28. The van der Waals surface area contributed by atoms with Crippen molar-refractivity contribution in [3.05, 3.63) is 72.4 Å². The predicted molar refractivity (Wildman–Crippen MR) is 115 cm³/mol. The molecule has 0 saturated heterocycles. The predicted octanol–water partition coefficient (Wildman–Crippen LogP) is 5.09. The molecule has 2 aromatic carbocycles. The van der Waals surface area contributed by atoms with Crippen LogP contribution in [0.1, 0.15) is 43.1 Å². The van der Waals surface area contributed by atoms with Crippen LogP contribution in [0.4, 0.5) is 0 Å². The third kappa shape index (κ3) is 3.48. The highest BCUT2D eigenvalue weighted by Crippen LogP contribution is 2.49. The van der Waals surface area contributed by atoms with E-state index in [9.17, 15) is 4.79 Å². The number of fused-ring (bicyclic) bond motifs is 2. The second kappa shape index (κ2) is 7.51. The first-order valence-electron chi connectivity index (χ1n) is 10.7. The van der Waals surface area contributed by atoms with E-state index in [2.05, 4.69) is 12.2 Å². The molecule has 0 spiro atoms. The van der Waals surface area contributed by atoms with Gasteiger partial charge in [-0.2, -0.15) is 5.10 Å². The Morgan fingerprint density at radius 3 is 2.41 bits per heavy atom. The summed E-state index contributed by atoms with van der Waals surface area (Å²) >= 11 is 0. The smallest absolute Gasteiger partial charge is 0.270 e. The molecule has 2 bridgehead atoms. The maximum absolute atomic E-state index is 13.3. The number of para-hydroxylation sites is 1. The molecule has 4 heteroatoms. The number of rotatable bonds is 5. The van der Waals surface area contributed by atoms with Crippen molar-refractivity contribution in [2.45, 2.75) is 38.6 Å². The van der Waals surface area contributed by atoms with E-state index in [4.69, 9.17) is 5.10 Å². The molecule has 29 heavy (non-hydrogen) atoms. The first-order valence-corrected chi connectivity index (χ1v) is 10.7. The van der Waals surface area contributed by atoms with Crippen LogP contribution in [0.15, 0.2) is 66.7 Å². The van der Waals surface area contributed by atoms with Crippen molar-refractivity contribution in [3.63, 3.8) is 0 Å². The minimum absolute atomic E-state index is 0.0428. The SMILES string of the molecule is C[C@H](NC(=O)c1cc(-c2ccccc2)nn1-c1ccccc1)[C@@H]1C[C@H]2CC[C@H]1C2. The molecule has 1 amide bonds. The van der Waals surface area contributed by atoms with Crippen molar-refractivity contribution in [2.75, 3.05) is 0 Å². The van der Waals surface area contributed by atoms with E-state index >= 15 is 0 Å².